The number of piperidine rings is 1. The first kappa shape index (κ1) is 23.6. The second-order valence-corrected chi connectivity index (χ2v) is 9.40. The summed E-state index contributed by atoms with van der Waals surface area (Å²) in [6, 6.07) is 12.5. The lowest BCUT2D eigenvalue weighted by molar-refractivity contribution is -0.142. The van der Waals surface area contributed by atoms with Gasteiger partial charge in [-0.05, 0) is 55.9 Å². The Morgan fingerprint density at radius 3 is 2.79 bits per heavy atom. The molecule has 0 radical (unpaired) electrons. The third-order valence-electron chi connectivity index (χ3n) is 6.77. The zero-order valence-corrected chi connectivity index (χ0v) is 19.5. The molecule has 176 valence electrons. The number of likely N-dealkylation sites (tertiary alicyclic amines) is 1. The van der Waals surface area contributed by atoms with E-state index in [0.717, 1.165) is 37.9 Å². The molecule has 1 fully saturated rings. The monoisotopic (exact) mass is 472 g/mol. The SMILES string of the molecule is O=C(Cc1c(F)cccc1Cl)N1CCCC2(CCCCc3ccccc3OCCNC2=O)C1. The number of para-hydroxylation sites is 1. The third kappa shape index (κ3) is 5.49. The van der Waals surface area contributed by atoms with Gasteiger partial charge in [-0.2, -0.15) is 0 Å². The zero-order valence-electron chi connectivity index (χ0n) is 18.7. The Balaban J connectivity index is 1.47. The molecule has 1 spiro atoms. The van der Waals surface area contributed by atoms with E-state index in [0.29, 0.717) is 32.7 Å². The predicted octanol–water partition coefficient (Wildman–Crippen LogP) is 4.55. The Kier molecular flexibility index (Phi) is 7.53. The number of nitrogens with one attached hydrogen (secondary N) is 1. The molecule has 2 aromatic carbocycles. The van der Waals surface area contributed by atoms with Gasteiger partial charge in [0.2, 0.25) is 11.8 Å². The summed E-state index contributed by atoms with van der Waals surface area (Å²) in [4.78, 5) is 28.1. The van der Waals surface area contributed by atoms with Crippen molar-refractivity contribution in [2.45, 2.75) is 44.9 Å². The molecule has 2 aromatic rings. The van der Waals surface area contributed by atoms with Gasteiger partial charge in [-0.1, -0.05) is 42.3 Å². The predicted molar refractivity (Wildman–Crippen MR) is 126 cm³/mol. The number of halogens is 2. The van der Waals surface area contributed by atoms with Crippen molar-refractivity contribution < 1.29 is 18.7 Å². The first-order chi connectivity index (χ1) is 16.0. The fraction of sp³-hybridized carbons (Fsp3) is 0.462. The second kappa shape index (κ2) is 10.6. The van der Waals surface area contributed by atoms with Crippen molar-refractivity contribution in [3.63, 3.8) is 0 Å². The van der Waals surface area contributed by atoms with E-state index in [1.807, 2.05) is 18.2 Å². The van der Waals surface area contributed by atoms with E-state index in [1.54, 1.807) is 11.0 Å². The quantitative estimate of drug-likeness (QED) is 0.697. The van der Waals surface area contributed by atoms with Crippen molar-refractivity contribution in [1.82, 2.24) is 10.2 Å². The van der Waals surface area contributed by atoms with E-state index in [4.69, 9.17) is 16.3 Å². The summed E-state index contributed by atoms with van der Waals surface area (Å²) in [5.41, 5.74) is 0.759. The minimum Gasteiger partial charge on any atom is -0.491 e. The largest absolute Gasteiger partial charge is 0.491 e. The maximum Gasteiger partial charge on any atom is 0.228 e. The number of hydrogen-bond donors (Lipinski definition) is 1. The Hall–Kier alpha value is -2.60. The van der Waals surface area contributed by atoms with Crippen LogP contribution in [0.5, 0.6) is 5.75 Å². The van der Waals surface area contributed by atoms with Crippen molar-refractivity contribution in [3.05, 3.63) is 64.4 Å². The number of amides is 2. The van der Waals surface area contributed by atoms with Gasteiger partial charge in [-0.25, -0.2) is 4.39 Å². The van der Waals surface area contributed by atoms with Crippen LogP contribution in [0.15, 0.2) is 42.5 Å². The molecular weight excluding hydrogens is 443 g/mol. The number of benzene rings is 2. The molecule has 1 atom stereocenters. The summed E-state index contributed by atoms with van der Waals surface area (Å²) in [7, 11) is 0. The van der Waals surface area contributed by atoms with Gasteiger partial charge >= 0.3 is 0 Å². The smallest absolute Gasteiger partial charge is 0.228 e. The molecule has 0 aliphatic carbocycles. The lowest BCUT2D eigenvalue weighted by Crippen LogP contribution is -2.54. The standard InChI is InChI=1S/C26H30ClFN2O3/c27-21-9-5-10-22(28)20(21)17-24(31)30-15-6-13-26(18-30)12-4-3-8-19-7-1-2-11-23(19)33-16-14-29-25(26)32/h1-2,5,7,9-11H,3-4,6,8,12-18H2,(H,29,32). The van der Waals surface area contributed by atoms with Crippen LogP contribution in [0.3, 0.4) is 0 Å². The number of nitrogens with zero attached hydrogens (tertiary/aromatic N) is 1. The van der Waals surface area contributed by atoms with Crippen LogP contribution >= 0.6 is 11.6 Å². The number of ether oxygens (including phenoxy) is 1. The highest BCUT2D eigenvalue weighted by atomic mass is 35.5. The van der Waals surface area contributed by atoms with Crippen LogP contribution < -0.4 is 10.1 Å². The Labute approximate surface area is 199 Å². The van der Waals surface area contributed by atoms with Gasteiger partial charge in [0, 0.05) is 23.7 Å². The van der Waals surface area contributed by atoms with Gasteiger partial charge in [-0.3, -0.25) is 9.59 Å². The van der Waals surface area contributed by atoms with Crippen LogP contribution in [0.25, 0.3) is 0 Å². The van der Waals surface area contributed by atoms with Gasteiger partial charge < -0.3 is 15.0 Å². The summed E-state index contributed by atoms with van der Waals surface area (Å²) in [5, 5.41) is 3.29. The normalized spacial score (nSPS) is 21.9. The number of rotatable bonds is 2. The number of aryl methyl sites for hydroxylation is 1. The van der Waals surface area contributed by atoms with Crippen molar-refractivity contribution >= 4 is 23.4 Å². The molecule has 1 N–H and O–H groups in total. The highest BCUT2D eigenvalue weighted by Gasteiger charge is 2.42. The average molecular weight is 473 g/mol. The number of fused-ring (bicyclic) bond motifs is 1. The van der Waals surface area contributed by atoms with Crippen molar-refractivity contribution in [2.24, 2.45) is 5.41 Å². The van der Waals surface area contributed by atoms with Gasteiger partial charge in [0.15, 0.2) is 0 Å². The summed E-state index contributed by atoms with van der Waals surface area (Å²) < 4.78 is 20.1. The van der Waals surface area contributed by atoms with Crippen LogP contribution in [0.4, 0.5) is 4.39 Å². The van der Waals surface area contributed by atoms with Crippen molar-refractivity contribution in [1.29, 1.82) is 0 Å². The summed E-state index contributed by atoms with van der Waals surface area (Å²) >= 11 is 6.13. The fourth-order valence-corrected chi connectivity index (χ4v) is 5.18. The lowest BCUT2D eigenvalue weighted by atomic mass is 9.74. The number of carbonyl (C=O) groups excluding carboxylic acids is 2. The minimum atomic E-state index is -0.633. The molecule has 1 saturated heterocycles. The van der Waals surface area contributed by atoms with Crippen LogP contribution in [0.1, 0.15) is 43.2 Å². The Morgan fingerprint density at radius 2 is 1.94 bits per heavy atom. The van der Waals surface area contributed by atoms with Crippen LogP contribution in [0.2, 0.25) is 5.02 Å². The summed E-state index contributed by atoms with van der Waals surface area (Å²) in [6.45, 7) is 1.72. The Morgan fingerprint density at radius 1 is 1.12 bits per heavy atom. The molecule has 2 heterocycles. The molecule has 0 bridgehead atoms. The second-order valence-electron chi connectivity index (χ2n) is 9.00. The highest BCUT2D eigenvalue weighted by molar-refractivity contribution is 6.31. The highest BCUT2D eigenvalue weighted by Crippen LogP contribution is 2.37. The molecule has 33 heavy (non-hydrogen) atoms. The minimum absolute atomic E-state index is 0.0265. The first-order valence-corrected chi connectivity index (χ1v) is 12.1. The van der Waals surface area contributed by atoms with E-state index < -0.39 is 11.2 Å². The molecule has 2 amide bonds. The van der Waals surface area contributed by atoms with E-state index in [-0.39, 0.29) is 28.8 Å². The average Bonchev–Trinajstić information content (AvgIpc) is 2.82. The summed E-state index contributed by atoms with van der Waals surface area (Å²) in [5.74, 6) is 0.175. The molecule has 0 saturated carbocycles. The van der Waals surface area contributed by atoms with Crippen molar-refractivity contribution in [3.8, 4) is 5.75 Å². The third-order valence-corrected chi connectivity index (χ3v) is 7.12. The molecule has 2 aliphatic heterocycles. The van der Waals surface area contributed by atoms with E-state index in [2.05, 4.69) is 11.4 Å². The molecule has 4 rings (SSSR count). The van der Waals surface area contributed by atoms with Crippen LogP contribution in [0, 0.1) is 11.2 Å². The topological polar surface area (TPSA) is 58.6 Å². The number of carbonyl (C=O) groups is 2. The molecule has 2 aliphatic rings. The molecule has 7 heteroatoms. The molecule has 0 aromatic heterocycles. The van der Waals surface area contributed by atoms with Crippen molar-refractivity contribution in [2.75, 3.05) is 26.2 Å². The summed E-state index contributed by atoms with van der Waals surface area (Å²) in [6.07, 6.45) is 4.79. The molecular formula is C26H30ClFN2O3. The van der Waals surface area contributed by atoms with Crippen LogP contribution in [-0.4, -0.2) is 43.0 Å². The number of hydrogen-bond acceptors (Lipinski definition) is 3. The van der Waals surface area contributed by atoms with E-state index in [9.17, 15) is 14.0 Å². The maximum absolute atomic E-state index is 14.2. The van der Waals surface area contributed by atoms with Gasteiger partial charge in [0.1, 0.15) is 18.2 Å². The zero-order chi connectivity index (χ0) is 23.3. The maximum atomic E-state index is 14.2. The van der Waals surface area contributed by atoms with Crippen LogP contribution in [-0.2, 0) is 22.4 Å². The first-order valence-electron chi connectivity index (χ1n) is 11.7. The molecule has 1 unspecified atom stereocenters. The Bertz CT molecular complexity index is 995. The van der Waals surface area contributed by atoms with E-state index >= 15 is 0 Å². The van der Waals surface area contributed by atoms with Gasteiger partial charge in [0.05, 0.1) is 18.4 Å². The molecule has 5 nitrogen and oxygen atoms in total. The lowest BCUT2D eigenvalue weighted by Gasteiger charge is -2.42. The fourth-order valence-electron chi connectivity index (χ4n) is 4.95. The van der Waals surface area contributed by atoms with Gasteiger partial charge in [-0.15, -0.1) is 0 Å². The van der Waals surface area contributed by atoms with E-state index in [1.165, 1.54) is 17.7 Å². The van der Waals surface area contributed by atoms with Gasteiger partial charge in [0.25, 0.3) is 0 Å².